The van der Waals surface area contributed by atoms with Crippen molar-refractivity contribution in [3.63, 3.8) is 0 Å². The molecule has 2 aliphatic rings. The molecule has 3 rings (SSSR count). The van der Waals surface area contributed by atoms with E-state index in [4.69, 9.17) is 0 Å². The Hall–Kier alpha value is -0.380. The van der Waals surface area contributed by atoms with E-state index < -0.39 is 0 Å². The van der Waals surface area contributed by atoms with Gasteiger partial charge in [0.2, 0.25) is 0 Å². The fourth-order valence-corrected chi connectivity index (χ4v) is 5.09. The molecular formula is C18H30N2S. The maximum absolute atomic E-state index is 2.78. The smallest absolute Gasteiger partial charge is 0.0332 e. The summed E-state index contributed by atoms with van der Waals surface area (Å²) in [6.45, 7) is 14.3. The third-order valence-corrected chi connectivity index (χ3v) is 6.57. The Morgan fingerprint density at radius 1 is 1.24 bits per heavy atom. The van der Waals surface area contributed by atoms with Crippen LogP contribution in [0.15, 0.2) is 6.07 Å². The molecule has 0 aromatic carbocycles. The van der Waals surface area contributed by atoms with Crippen LogP contribution in [0.25, 0.3) is 0 Å². The molecule has 21 heavy (non-hydrogen) atoms. The number of hydrogen-bond acceptors (Lipinski definition) is 3. The second kappa shape index (κ2) is 6.39. The summed E-state index contributed by atoms with van der Waals surface area (Å²) in [5, 5.41) is 0. The van der Waals surface area contributed by atoms with Crippen molar-refractivity contribution in [3.8, 4) is 0 Å². The zero-order chi connectivity index (χ0) is 15.0. The minimum Gasteiger partial charge on any atom is -0.298 e. The van der Waals surface area contributed by atoms with Crippen LogP contribution in [0, 0.1) is 19.8 Å². The van der Waals surface area contributed by atoms with E-state index >= 15 is 0 Å². The molecule has 1 aromatic rings. The molecule has 3 heteroatoms. The summed E-state index contributed by atoms with van der Waals surface area (Å²) in [5.74, 6) is 0.745. The highest BCUT2D eigenvalue weighted by molar-refractivity contribution is 7.12. The van der Waals surface area contributed by atoms with Crippen molar-refractivity contribution < 1.29 is 0 Å². The Kier molecular flexibility index (Phi) is 4.72. The van der Waals surface area contributed by atoms with Gasteiger partial charge in [0, 0.05) is 41.5 Å². The van der Waals surface area contributed by atoms with Gasteiger partial charge < -0.3 is 0 Å². The standard InChI is InChI=1S/C18H30N2S/c1-13(2)18-12-19-8-6-5-7-16(19)10-20(18)11-17-9-14(3)15(4)21-17/h9,13,16,18H,5-8,10-12H2,1-4H3. The van der Waals surface area contributed by atoms with Gasteiger partial charge in [-0.25, -0.2) is 0 Å². The molecule has 0 saturated carbocycles. The Morgan fingerprint density at radius 3 is 2.71 bits per heavy atom. The topological polar surface area (TPSA) is 6.48 Å². The number of rotatable bonds is 3. The van der Waals surface area contributed by atoms with Gasteiger partial charge in [-0.1, -0.05) is 20.3 Å². The van der Waals surface area contributed by atoms with E-state index in [0.29, 0.717) is 0 Å². The molecule has 2 atom stereocenters. The first-order valence-corrected chi connectivity index (χ1v) is 9.40. The van der Waals surface area contributed by atoms with Crippen LogP contribution in [-0.2, 0) is 6.54 Å². The van der Waals surface area contributed by atoms with E-state index in [-0.39, 0.29) is 0 Å². The average molecular weight is 307 g/mol. The molecule has 2 saturated heterocycles. The third-order valence-electron chi connectivity index (χ3n) is 5.43. The van der Waals surface area contributed by atoms with Crippen LogP contribution in [0.5, 0.6) is 0 Å². The van der Waals surface area contributed by atoms with E-state index in [2.05, 4.69) is 43.6 Å². The summed E-state index contributed by atoms with van der Waals surface area (Å²) in [6, 6.07) is 3.95. The van der Waals surface area contributed by atoms with Gasteiger partial charge in [0.15, 0.2) is 0 Å². The van der Waals surface area contributed by atoms with Crippen LogP contribution < -0.4 is 0 Å². The summed E-state index contributed by atoms with van der Waals surface area (Å²) in [5.41, 5.74) is 1.47. The molecule has 118 valence electrons. The van der Waals surface area contributed by atoms with Gasteiger partial charge in [0.25, 0.3) is 0 Å². The first-order chi connectivity index (χ1) is 10.0. The van der Waals surface area contributed by atoms with Gasteiger partial charge in [-0.05, 0) is 50.8 Å². The van der Waals surface area contributed by atoms with E-state index in [1.807, 2.05) is 11.3 Å². The quantitative estimate of drug-likeness (QED) is 0.831. The van der Waals surface area contributed by atoms with Crippen molar-refractivity contribution in [2.24, 2.45) is 5.92 Å². The molecule has 0 N–H and O–H groups in total. The summed E-state index contributed by atoms with van der Waals surface area (Å²) in [6.07, 6.45) is 4.24. The van der Waals surface area contributed by atoms with Crippen LogP contribution in [0.1, 0.15) is 48.4 Å². The summed E-state index contributed by atoms with van der Waals surface area (Å²) in [7, 11) is 0. The second-order valence-electron chi connectivity index (χ2n) is 7.34. The van der Waals surface area contributed by atoms with Crippen LogP contribution in [0.4, 0.5) is 0 Å². The molecule has 0 aliphatic carbocycles. The van der Waals surface area contributed by atoms with Crippen LogP contribution in [0.3, 0.4) is 0 Å². The predicted octanol–water partition coefficient (Wildman–Crippen LogP) is 4.06. The number of piperazine rings is 1. The highest BCUT2D eigenvalue weighted by Gasteiger charge is 2.36. The van der Waals surface area contributed by atoms with Crippen LogP contribution >= 0.6 is 11.3 Å². The van der Waals surface area contributed by atoms with E-state index in [1.54, 1.807) is 4.88 Å². The SMILES string of the molecule is Cc1cc(CN2CC3CCCCN3CC2C(C)C)sc1C. The van der Waals surface area contributed by atoms with Crippen molar-refractivity contribution in [3.05, 3.63) is 21.4 Å². The van der Waals surface area contributed by atoms with Gasteiger partial charge in [-0.2, -0.15) is 0 Å². The van der Waals surface area contributed by atoms with Crippen LogP contribution in [0.2, 0.25) is 0 Å². The summed E-state index contributed by atoms with van der Waals surface area (Å²) >= 11 is 2.00. The van der Waals surface area contributed by atoms with Crippen molar-refractivity contribution in [2.45, 2.75) is 65.6 Å². The van der Waals surface area contributed by atoms with Crippen molar-refractivity contribution in [2.75, 3.05) is 19.6 Å². The second-order valence-corrected chi connectivity index (χ2v) is 8.68. The van der Waals surface area contributed by atoms with E-state index in [1.165, 1.54) is 49.3 Å². The first-order valence-electron chi connectivity index (χ1n) is 8.58. The third kappa shape index (κ3) is 3.35. The first kappa shape index (κ1) is 15.5. The molecule has 3 heterocycles. The fourth-order valence-electron chi connectivity index (χ4n) is 4.01. The van der Waals surface area contributed by atoms with Gasteiger partial charge in [0.1, 0.15) is 0 Å². The highest BCUT2D eigenvalue weighted by Crippen LogP contribution is 2.30. The normalized spacial score (nSPS) is 28.0. The molecule has 0 amide bonds. The zero-order valence-electron chi connectivity index (χ0n) is 14.1. The summed E-state index contributed by atoms with van der Waals surface area (Å²) in [4.78, 5) is 8.60. The number of hydrogen-bond donors (Lipinski definition) is 0. The highest BCUT2D eigenvalue weighted by atomic mass is 32.1. The number of fused-ring (bicyclic) bond motifs is 1. The number of nitrogens with zero attached hydrogens (tertiary/aromatic N) is 2. The lowest BCUT2D eigenvalue weighted by atomic mass is 9.92. The Labute approximate surface area is 134 Å². The molecule has 2 unspecified atom stereocenters. The average Bonchev–Trinajstić information content (AvgIpc) is 2.76. The number of piperidine rings is 1. The molecule has 0 radical (unpaired) electrons. The van der Waals surface area contributed by atoms with E-state index in [9.17, 15) is 0 Å². The van der Waals surface area contributed by atoms with E-state index in [0.717, 1.165) is 24.5 Å². The molecule has 2 nitrogen and oxygen atoms in total. The summed E-state index contributed by atoms with van der Waals surface area (Å²) < 4.78 is 0. The predicted molar refractivity (Wildman–Crippen MR) is 92.0 cm³/mol. The lowest BCUT2D eigenvalue weighted by molar-refractivity contribution is -0.0113. The maximum Gasteiger partial charge on any atom is 0.0332 e. The van der Waals surface area contributed by atoms with Crippen molar-refractivity contribution >= 4 is 11.3 Å². The number of aryl methyl sites for hydroxylation is 2. The maximum atomic E-state index is 2.78. The lowest BCUT2D eigenvalue weighted by Gasteiger charge is -2.49. The Bertz CT molecular complexity index is 460. The van der Waals surface area contributed by atoms with Gasteiger partial charge >= 0.3 is 0 Å². The Morgan fingerprint density at radius 2 is 2.05 bits per heavy atom. The molecule has 2 fully saturated rings. The Balaban J connectivity index is 1.74. The molecule has 2 aliphatic heterocycles. The molecule has 1 aromatic heterocycles. The van der Waals surface area contributed by atoms with Gasteiger partial charge in [0.05, 0.1) is 0 Å². The van der Waals surface area contributed by atoms with Crippen molar-refractivity contribution in [1.29, 1.82) is 0 Å². The fraction of sp³-hybridized carbons (Fsp3) is 0.778. The van der Waals surface area contributed by atoms with Crippen molar-refractivity contribution in [1.82, 2.24) is 9.80 Å². The lowest BCUT2D eigenvalue weighted by Crippen LogP contribution is -2.60. The van der Waals surface area contributed by atoms with Gasteiger partial charge in [-0.15, -0.1) is 11.3 Å². The minimum absolute atomic E-state index is 0.724. The molecule has 0 bridgehead atoms. The van der Waals surface area contributed by atoms with Crippen LogP contribution in [-0.4, -0.2) is 41.5 Å². The van der Waals surface area contributed by atoms with Gasteiger partial charge in [-0.3, -0.25) is 9.80 Å². The zero-order valence-corrected chi connectivity index (χ0v) is 14.9. The number of thiophene rings is 1. The monoisotopic (exact) mass is 306 g/mol. The molecule has 0 spiro atoms. The minimum atomic E-state index is 0.724. The molecular weight excluding hydrogens is 276 g/mol. The largest absolute Gasteiger partial charge is 0.298 e.